The molecule has 2 aromatic rings. The summed E-state index contributed by atoms with van der Waals surface area (Å²) in [6.45, 7) is 1.69. The van der Waals surface area contributed by atoms with Crippen LogP contribution in [0.3, 0.4) is 0 Å². The summed E-state index contributed by atoms with van der Waals surface area (Å²) in [6.07, 6.45) is 1.71. The number of amides is 1. The van der Waals surface area contributed by atoms with Crippen LogP contribution in [0.4, 0.5) is 5.13 Å². The maximum atomic E-state index is 12.1. The highest BCUT2D eigenvalue weighted by atomic mass is 35.5. The number of halogens is 1. The monoisotopic (exact) mass is 323 g/mol. The van der Waals surface area contributed by atoms with E-state index >= 15 is 0 Å². The third-order valence-corrected chi connectivity index (χ3v) is 4.35. The van der Waals surface area contributed by atoms with Crippen LogP contribution >= 0.6 is 22.9 Å². The molecule has 110 valence electrons. The van der Waals surface area contributed by atoms with E-state index in [1.54, 1.807) is 31.2 Å². The highest BCUT2D eigenvalue weighted by Gasteiger charge is 2.28. The molecule has 1 amide bonds. The Labute approximate surface area is 131 Å². The SMILES string of the molecule is C[C@@H](Oc1ccc(Cl)cc1)C(=O)Nc1nnc(C2CC2)s1. The van der Waals surface area contributed by atoms with E-state index < -0.39 is 6.10 Å². The topological polar surface area (TPSA) is 64.1 Å². The van der Waals surface area contributed by atoms with Crippen LogP contribution in [0.2, 0.25) is 5.02 Å². The molecule has 0 bridgehead atoms. The first-order valence-electron chi connectivity index (χ1n) is 6.68. The zero-order valence-corrected chi connectivity index (χ0v) is 12.9. The predicted octanol–water partition coefficient (Wildman–Crippen LogP) is 3.47. The third kappa shape index (κ3) is 3.71. The number of benzene rings is 1. The summed E-state index contributed by atoms with van der Waals surface area (Å²) in [7, 11) is 0. The van der Waals surface area contributed by atoms with Crippen LogP contribution in [-0.2, 0) is 4.79 Å². The number of ether oxygens (including phenoxy) is 1. The first-order chi connectivity index (χ1) is 10.1. The Bertz CT molecular complexity index is 640. The summed E-state index contributed by atoms with van der Waals surface area (Å²) in [5, 5.41) is 12.9. The van der Waals surface area contributed by atoms with Gasteiger partial charge in [-0.25, -0.2) is 0 Å². The number of aromatic nitrogens is 2. The minimum Gasteiger partial charge on any atom is -0.481 e. The van der Waals surface area contributed by atoms with Gasteiger partial charge in [0.2, 0.25) is 5.13 Å². The molecule has 1 aliphatic carbocycles. The van der Waals surface area contributed by atoms with Gasteiger partial charge in [-0.1, -0.05) is 22.9 Å². The van der Waals surface area contributed by atoms with Crippen molar-refractivity contribution in [2.24, 2.45) is 0 Å². The zero-order chi connectivity index (χ0) is 14.8. The van der Waals surface area contributed by atoms with Crippen LogP contribution in [0, 0.1) is 0 Å². The average Bonchev–Trinajstić information content (AvgIpc) is 3.22. The highest BCUT2D eigenvalue weighted by Crippen LogP contribution is 2.42. The number of anilines is 1. The molecule has 1 fully saturated rings. The molecule has 1 atom stereocenters. The lowest BCUT2D eigenvalue weighted by Gasteiger charge is -2.13. The molecule has 0 radical (unpaired) electrons. The summed E-state index contributed by atoms with van der Waals surface area (Å²) in [6, 6.07) is 6.88. The van der Waals surface area contributed by atoms with Crippen molar-refractivity contribution >= 4 is 34.0 Å². The van der Waals surface area contributed by atoms with Gasteiger partial charge < -0.3 is 4.74 Å². The van der Waals surface area contributed by atoms with Gasteiger partial charge in [-0.05, 0) is 44.0 Å². The minimum absolute atomic E-state index is 0.247. The molecule has 1 aromatic heterocycles. The first kappa shape index (κ1) is 14.3. The third-order valence-electron chi connectivity index (χ3n) is 3.09. The van der Waals surface area contributed by atoms with Crippen LogP contribution in [0.1, 0.15) is 30.7 Å². The smallest absolute Gasteiger partial charge is 0.266 e. The molecule has 1 saturated carbocycles. The lowest BCUT2D eigenvalue weighted by Crippen LogP contribution is -2.30. The standard InChI is InChI=1S/C14H14ClN3O2S/c1-8(20-11-6-4-10(15)5-7-11)12(19)16-14-18-17-13(21-14)9-2-3-9/h4-9H,2-3H2,1H3,(H,16,18,19)/t8-/m1/s1. The van der Waals surface area contributed by atoms with Gasteiger partial charge in [0.15, 0.2) is 6.10 Å². The van der Waals surface area contributed by atoms with E-state index in [1.807, 2.05) is 0 Å². The average molecular weight is 324 g/mol. The summed E-state index contributed by atoms with van der Waals surface area (Å²) in [5.41, 5.74) is 0. The summed E-state index contributed by atoms with van der Waals surface area (Å²) < 4.78 is 5.56. The van der Waals surface area contributed by atoms with Gasteiger partial charge in [-0.15, -0.1) is 10.2 Å². The van der Waals surface area contributed by atoms with Crippen molar-refractivity contribution in [2.75, 3.05) is 5.32 Å². The lowest BCUT2D eigenvalue weighted by atomic mass is 10.3. The van der Waals surface area contributed by atoms with Gasteiger partial charge in [0.25, 0.3) is 5.91 Å². The van der Waals surface area contributed by atoms with Crippen molar-refractivity contribution in [1.29, 1.82) is 0 Å². The van der Waals surface area contributed by atoms with Crippen molar-refractivity contribution < 1.29 is 9.53 Å². The molecular formula is C14H14ClN3O2S. The molecule has 1 aliphatic rings. The fourth-order valence-corrected chi connectivity index (χ4v) is 2.80. The van der Waals surface area contributed by atoms with Crippen molar-refractivity contribution in [1.82, 2.24) is 10.2 Å². The van der Waals surface area contributed by atoms with E-state index in [-0.39, 0.29) is 5.91 Å². The number of hydrogen-bond acceptors (Lipinski definition) is 5. The number of nitrogens with zero attached hydrogens (tertiary/aromatic N) is 2. The Hall–Kier alpha value is -1.66. The molecule has 0 spiro atoms. The van der Waals surface area contributed by atoms with Crippen LogP contribution in [-0.4, -0.2) is 22.2 Å². The first-order valence-corrected chi connectivity index (χ1v) is 7.88. The second-order valence-electron chi connectivity index (χ2n) is 4.92. The van der Waals surface area contributed by atoms with E-state index in [1.165, 1.54) is 24.2 Å². The second kappa shape index (κ2) is 5.99. The molecule has 21 heavy (non-hydrogen) atoms. The predicted molar refractivity (Wildman–Crippen MR) is 82.1 cm³/mol. The Kier molecular flexibility index (Phi) is 4.07. The van der Waals surface area contributed by atoms with Gasteiger partial charge in [0.05, 0.1) is 0 Å². The van der Waals surface area contributed by atoms with E-state index in [9.17, 15) is 4.79 Å². The van der Waals surface area contributed by atoms with Crippen molar-refractivity contribution in [3.63, 3.8) is 0 Å². The Morgan fingerprint density at radius 2 is 2.10 bits per heavy atom. The number of hydrogen-bond donors (Lipinski definition) is 1. The van der Waals surface area contributed by atoms with Crippen molar-refractivity contribution in [3.05, 3.63) is 34.3 Å². The summed E-state index contributed by atoms with van der Waals surface area (Å²) >= 11 is 7.23. The molecule has 0 unspecified atom stereocenters. The van der Waals surface area contributed by atoms with Crippen LogP contribution in [0.25, 0.3) is 0 Å². The van der Waals surface area contributed by atoms with Crippen LogP contribution < -0.4 is 10.1 Å². The quantitative estimate of drug-likeness (QED) is 0.915. The van der Waals surface area contributed by atoms with Crippen molar-refractivity contribution in [2.45, 2.75) is 31.8 Å². The van der Waals surface area contributed by atoms with Gasteiger partial charge in [0.1, 0.15) is 10.8 Å². The summed E-state index contributed by atoms with van der Waals surface area (Å²) in [5.74, 6) is 0.886. The zero-order valence-electron chi connectivity index (χ0n) is 11.4. The molecule has 5 nitrogen and oxygen atoms in total. The molecule has 1 N–H and O–H groups in total. The molecule has 0 aliphatic heterocycles. The van der Waals surface area contributed by atoms with Gasteiger partial charge in [-0.3, -0.25) is 10.1 Å². The largest absolute Gasteiger partial charge is 0.481 e. The Morgan fingerprint density at radius 3 is 2.76 bits per heavy atom. The Morgan fingerprint density at radius 1 is 1.38 bits per heavy atom. The molecule has 1 aromatic carbocycles. The second-order valence-corrected chi connectivity index (χ2v) is 6.37. The van der Waals surface area contributed by atoms with Crippen LogP contribution in [0.5, 0.6) is 5.75 Å². The van der Waals surface area contributed by atoms with Gasteiger partial charge in [0, 0.05) is 10.9 Å². The highest BCUT2D eigenvalue weighted by molar-refractivity contribution is 7.15. The number of carbonyl (C=O) groups excluding carboxylic acids is 1. The van der Waals surface area contributed by atoms with E-state index in [4.69, 9.17) is 16.3 Å². The fourth-order valence-electron chi connectivity index (χ4n) is 1.76. The maximum Gasteiger partial charge on any atom is 0.266 e. The van der Waals surface area contributed by atoms with Crippen LogP contribution in [0.15, 0.2) is 24.3 Å². The summed E-state index contributed by atoms with van der Waals surface area (Å²) in [4.78, 5) is 12.1. The fraction of sp³-hybridized carbons (Fsp3) is 0.357. The molecule has 7 heteroatoms. The minimum atomic E-state index is -0.626. The lowest BCUT2D eigenvalue weighted by molar-refractivity contribution is -0.122. The normalized spacial score (nSPS) is 15.5. The number of rotatable bonds is 5. The molecular weight excluding hydrogens is 310 g/mol. The number of carbonyl (C=O) groups is 1. The molecule has 3 rings (SSSR count). The van der Waals surface area contributed by atoms with Gasteiger partial charge >= 0.3 is 0 Å². The van der Waals surface area contributed by atoms with E-state index in [0.717, 1.165) is 5.01 Å². The Balaban J connectivity index is 1.57. The maximum absolute atomic E-state index is 12.1. The number of nitrogens with one attached hydrogen (secondary N) is 1. The van der Waals surface area contributed by atoms with Crippen molar-refractivity contribution in [3.8, 4) is 5.75 Å². The van der Waals surface area contributed by atoms with Gasteiger partial charge in [-0.2, -0.15) is 0 Å². The van der Waals surface area contributed by atoms with E-state index in [2.05, 4.69) is 15.5 Å². The molecule has 0 saturated heterocycles. The molecule has 1 heterocycles. The van der Waals surface area contributed by atoms with E-state index in [0.29, 0.717) is 21.8 Å².